The molecule has 0 saturated carbocycles. The summed E-state index contributed by atoms with van der Waals surface area (Å²) in [7, 11) is 0. The van der Waals surface area contributed by atoms with Crippen LogP contribution in [-0.2, 0) is 11.2 Å². The summed E-state index contributed by atoms with van der Waals surface area (Å²) in [5.41, 5.74) is 2.78. The smallest absolute Gasteiger partial charge is 0.0484 e. The zero-order chi connectivity index (χ0) is 13.9. The molecule has 0 heterocycles. The van der Waals surface area contributed by atoms with E-state index in [2.05, 4.69) is 50.4 Å². The number of hydrogen-bond donors (Lipinski definition) is 1. The summed E-state index contributed by atoms with van der Waals surface area (Å²) in [6.45, 7) is 9.32. The molecule has 1 unspecified atom stereocenters. The molecule has 1 N–H and O–H groups in total. The van der Waals surface area contributed by atoms with E-state index in [1.807, 2.05) is 0 Å². The molecule has 0 fully saturated rings. The molecule has 1 aromatic carbocycles. The predicted octanol–water partition coefficient (Wildman–Crippen LogP) is 4.11. The fourth-order valence-corrected chi connectivity index (χ4v) is 2.14. The molecule has 0 radical (unpaired) electrons. The lowest BCUT2D eigenvalue weighted by Gasteiger charge is -2.19. The molecule has 0 aliphatic rings. The Kier molecular flexibility index (Phi) is 8.52. The van der Waals surface area contributed by atoms with Gasteiger partial charge in [-0.25, -0.2) is 0 Å². The summed E-state index contributed by atoms with van der Waals surface area (Å²) in [6, 6.07) is 9.41. The molecule has 1 aromatic rings. The van der Waals surface area contributed by atoms with Crippen molar-refractivity contribution in [2.75, 3.05) is 19.8 Å². The number of nitrogens with one attached hydrogen (secondary N) is 1. The van der Waals surface area contributed by atoms with Crippen molar-refractivity contribution in [1.29, 1.82) is 0 Å². The van der Waals surface area contributed by atoms with E-state index in [-0.39, 0.29) is 0 Å². The van der Waals surface area contributed by atoms with E-state index in [9.17, 15) is 0 Å². The Morgan fingerprint density at radius 2 is 1.74 bits per heavy atom. The van der Waals surface area contributed by atoms with Gasteiger partial charge in [0.05, 0.1) is 0 Å². The first-order valence-corrected chi connectivity index (χ1v) is 7.71. The van der Waals surface area contributed by atoms with Gasteiger partial charge in [0.2, 0.25) is 0 Å². The summed E-state index contributed by atoms with van der Waals surface area (Å²) < 4.78 is 5.62. The van der Waals surface area contributed by atoms with Crippen molar-refractivity contribution in [3.05, 3.63) is 35.4 Å². The molecule has 0 amide bonds. The van der Waals surface area contributed by atoms with Gasteiger partial charge in [0.1, 0.15) is 0 Å². The quantitative estimate of drug-likeness (QED) is 0.642. The summed E-state index contributed by atoms with van der Waals surface area (Å²) in [5, 5.41) is 3.62. The topological polar surface area (TPSA) is 21.3 Å². The first-order chi connectivity index (χ1) is 9.31. The Morgan fingerprint density at radius 3 is 2.32 bits per heavy atom. The van der Waals surface area contributed by atoms with E-state index in [0.717, 1.165) is 39.0 Å². The van der Waals surface area contributed by atoms with Crippen LogP contribution in [0.3, 0.4) is 0 Å². The molecule has 0 aliphatic heterocycles. The zero-order valence-electron chi connectivity index (χ0n) is 12.7. The van der Waals surface area contributed by atoms with Crippen molar-refractivity contribution in [2.45, 2.75) is 52.5 Å². The SMILES string of the molecule is CCCNC(CCOCCC)c1ccc(CC)cc1. The van der Waals surface area contributed by atoms with E-state index >= 15 is 0 Å². The first kappa shape index (κ1) is 16.2. The Balaban J connectivity index is 2.55. The lowest BCUT2D eigenvalue weighted by atomic mass is 10.0. The average molecular weight is 263 g/mol. The summed E-state index contributed by atoms with van der Waals surface area (Å²) in [4.78, 5) is 0. The molecule has 0 saturated heterocycles. The van der Waals surface area contributed by atoms with Gasteiger partial charge >= 0.3 is 0 Å². The Labute approximate surface area is 118 Å². The van der Waals surface area contributed by atoms with Gasteiger partial charge < -0.3 is 10.1 Å². The van der Waals surface area contributed by atoms with Crippen molar-refractivity contribution >= 4 is 0 Å². The van der Waals surface area contributed by atoms with E-state index in [0.29, 0.717) is 6.04 Å². The Morgan fingerprint density at radius 1 is 1.00 bits per heavy atom. The van der Waals surface area contributed by atoms with Gasteiger partial charge in [-0.1, -0.05) is 45.0 Å². The van der Waals surface area contributed by atoms with Crippen molar-refractivity contribution in [2.24, 2.45) is 0 Å². The maximum Gasteiger partial charge on any atom is 0.0484 e. The third kappa shape index (κ3) is 6.22. The maximum atomic E-state index is 5.62. The minimum Gasteiger partial charge on any atom is -0.381 e. The van der Waals surface area contributed by atoms with Crippen molar-refractivity contribution in [3.63, 3.8) is 0 Å². The molecular weight excluding hydrogens is 234 g/mol. The second-order valence-electron chi connectivity index (χ2n) is 5.00. The van der Waals surface area contributed by atoms with Crippen molar-refractivity contribution < 1.29 is 4.74 Å². The second kappa shape index (κ2) is 9.99. The third-order valence-electron chi connectivity index (χ3n) is 3.33. The zero-order valence-corrected chi connectivity index (χ0v) is 12.7. The van der Waals surface area contributed by atoms with E-state index in [4.69, 9.17) is 4.74 Å². The highest BCUT2D eigenvalue weighted by atomic mass is 16.5. The highest BCUT2D eigenvalue weighted by Gasteiger charge is 2.10. The van der Waals surface area contributed by atoms with Gasteiger partial charge in [0, 0.05) is 19.3 Å². The van der Waals surface area contributed by atoms with E-state index in [1.54, 1.807) is 0 Å². The number of aryl methyl sites for hydroxylation is 1. The van der Waals surface area contributed by atoms with Crippen LogP contribution in [-0.4, -0.2) is 19.8 Å². The van der Waals surface area contributed by atoms with Gasteiger partial charge in [0.15, 0.2) is 0 Å². The van der Waals surface area contributed by atoms with Gasteiger partial charge in [-0.15, -0.1) is 0 Å². The second-order valence-corrected chi connectivity index (χ2v) is 5.00. The summed E-state index contributed by atoms with van der Waals surface area (Å²) in [5.74, 6) is 0. The molecule has 0 spiro atoms. The van der Waals surface area contributed by atoms with Crippen LogP contribution in [0, 0.1) is 0 Å². The van der Waals surface area contributed by atoms with Crippen LogP contribution in [0.4, 0.5) is 0 Å². The highest BCUT2D eigenvalue weighted by molar-refractivity contribution is 5.25. The van der Waals surface area contributed by atoms with Crippen LogP contribution in [0.5, 0.6) is 0 Å². The van der Waals surface area contributed by atoms with Crippen molar-refractivity contribution in [3.8, 4) is 0 Å². The van der Waals surface area contributed by atoms with Gasteiger partial charge in [-0.2, -0.15) is 0 Å². The normalized spacial score (nSPS) is 12.6. The largest absolute Gasteiger partial charge is 0.381 e. The van der Waals surface area contributed by atoms with Crippen LogP contribution in [0.2, 0.25) is 0 Å². The molecule has 2 nitrogen and oxygen atoms in total. The van der Waals surface area contributed by atoms with Crippen LogP contribution < -0.4 is 5.32 Å². The Bertz CT molecular complexity index is 321. The van der Waals surface area contributed by atoms with E-state index in [1.165, 1.54) is 17.5 Å². The van der Waals surface area contributed by atoms with Crippen LogP contribution >= 0.6 is 0 Å². The molecule has 1 atom stereocenters. The van der Waals surface area contributed by atoms with Crippen LogP contribution in [0.25, 0.3) is 0 Å². The lowest BCUT2D eigenvalue weighted by molar-refractivity contribution is 0.124. The standard InChI is InChI=1S/C17H29NO/c1-4-12-18-17(11-14-19-13-5-2)16-9-7-15(6-3)8-10-16/h7-10,17-18H,4-6,11-14H2,1-3H3. The number of hydrogen-bond acceptors (Lipinski definition) is 2. The molecule has 1 rings (SSSR count). The first-order valence-electron chi connectivity index (χ1n) is 7.71. The highest BCUT2D eigenvalue weighted by Crippen LogP contribution is 2.18. The number of ether oxygens (including phenoxy) is 1. The lowest BCUT2D eigenvalue weighted by Crippen LogP contribution is -2.23. The van der Waals surface area contributed by atoms with Crippen LogP contribution in [0.1, 0.15) is 57.2 Å². The molecule has 2 heteroatoms. The van der Waals surface area contributed by atoms with Gasteiger partial charge in [-0.05, 0) is 43.4 Å². The number of rotatable bonds is 10. The fraction of sp³-hybridized carbons (Fsp3) is 0.647. The van der Waals surface area contributed by atoms with Crippen LogP contribution in [0.15, 0.2) is 24.3 Å². The fourth-order valence-electron chi connectivity index (χ4n) is 2.14. The van der Waals surface area contributed by atoms with E-state index < -0.39 is 0 Å². The summed E-state index contributed by atoms with van der Waals surface area (Å²) >= 11 is 0. The van der Waals surface area contributed by atoms with Crippen molar-refractivity contribution in [1.82, 2.24) is 5.32 Å². The predicted molar refractivity (Wildman–Crippen MR) is 82.6 cm³/mol. The Hall–Kier alpha value is -0.860. The molecule has 0 aromatic heterocycles. The maximum absolute atomic E-state index is 5.62. The van der Waals surface area contributed by atoms with Gasteiger partial charge in [0.25, 0.3) is 0 Å². The molecule has 19 heavy (non-hydrogen) atoms. The molecule has 108 valence electrons. The minimum atomic E-state index is 0.419. The monoisotopic (exact) mass is 263 g/mol. The molecule has 0 aliphatic carbocycles. The number of benzene rings is 1. The third-order valence-corrected chi connectivity index (χ3v) is 3.33. The molecular formula is C17H29NO. The average Bonchev–Trinajstić information content (AvgIpc) is 2.47. The van der Waals surface area contributed by atoms with Gasteiger partial charge in [-0.3, -0.25) is 0 Å². The minimum absolute atomic E-state index is 0.419. The molecule has 0 bridgehead atoms. The summed E-state index contributed by atoms with van der Waals surface area (Å²) in [6.07, 6.45) is 4.41.